The molecular weight excluding hydrogens is 260 g/mol. The van der Waals surface area contributed by atoms with Crippen molar-refractivity contribution in [2.24, 2.45) is 5.73 Å². The van der Waals surface area contributed by atoms with E-state index in [0.29, 0.717) is 5.75 Å². The Morgan fingerprint density at radius 2 is 1.80 bits per heavy atom. The molecule has 1 atom stereocenters. The molecule has 20 heavy (non-hydrogen) atoms. The van der Waals surface area contributed by atoms with Crippen molar-refractivity contribution in [3.8, 4) is 5.75 Å². The van der Waals surface area contributed by atoms with Gasteiger partial charge in [0, 0.05) is 11.6 Å². The fraction of sp³-hybridized carbons (Fsp3) is 0.250. The van der Waals surface area contributed by atoms with Gasteiger partial charge in [-0.3, -0.25) is 0 Å². The summed E-state index contributed by atoms with van der Waals surface area (Å²) in [5, 5.41) is 0. The summed E-state index contributed by atoms with van der Waals surface area (Å²) in [6, 6.07) is 9.15. The second kappa shape index (κ2) is 6.01. The summed E-state index contributed by atoms with van der Waals surface area (Å²) in [6.45, 7) is 3.59. The van der Waals surface area contributed by atoms with E-state index in [1.807, 2.05) is 32.0 Å². The minimum Gasteiger partial charge on any atom is -0.488 e. The van der Waals surface area contributed by atoms with E-state index in [2.05, 4.69) is 0 Å². The molecule has 0 saturated carbocycles. The summed E-state index contributed by atoms with van der Waals surface area (Å²) >= 11 is 0. The van der Waals surface area contributed by atoms with Gasteiger partial charge in [-0.05, 0) is 37.6 Å². The molecule has 0 aromatic heterocycles. The molecule has 2 N–H and O–H groups in total. The minimum absolute atomic E-state index is 0.0790. The molecule has 0 bridgehead atoms. The summed E-state index contributed by atoms with van der Waals surface area (Å²) in [5.41, 5.74) is 7.60. The quantitative estimate of drug-likeness (QED) is 0.920. The summed E-state index contributed by atoms with van der Waals surface area (Å²) in [4.78, 5) is 0. The molecular formula is C16H17F2NO. The smallest absolute Gasteiger partial charge is 0.132 e. The minimum atomic E-state index is -0.611. The lowest BCUT2D eigenvalue weighted by molar-refractivity contribution is 0.288. The van der Waals surface area contributed by atoms with Gasteiger partial charge in [0.15, 0.2) is 0 Å². The Bertz CT molecular complexity index is 591. The summed E-state index contributed by atoms with van der Waals surface area (Å²) < 4.78 is 32.7. The van der Waals surface area contributed by atoms with E-state index < -0.39 is 11.6 Å². The zero-order valence-electron chi connectivity index (χ0n) is 11.5. The topological polar surface area (TPSA) is 35.2 Å². The molecule has 0 spiro atoms. The van der Waals surface area contributed by atoms with Crippen LogP contribution in [0.15, 0.2) is 36.4 Å². The summed E-state index contributed by atoms with van der Waals surface area (Å²) in [7, 11) is 0. The lowest BCUT2D eigenvalue weighted by Crippen LogP contribution is -2.09. The Morgan fingerprint density at radius 1 is 1.15 bits per heavy atom. The van der Waals surface area contributed by atoms with Crippen LogP contribution in [0.3, 0.4) is 0 Å². The zero-order chi connectivity index (χ0) is 14.7. The molecule has 106 valence electrons. The second-order valence-corrected chi connectivity index (χ2v) is 4.82. The van der Waals surface area contributed by atoms with Crippen molar-refractivity contribution in [1.29, 1.82) is 0 Å². The van der Waals surface area contributed by atoms with Gasteiger partial charge in [0.25, 0.3) is 0 Å². The van der Waals surface area contributed by atoms with Crippen LogP contribution in [-0.2, 0) is 6.61 Å². The van der Waals surface area contributed by atoms with Crippen LogP contribution in [0.25, 0.3) is 0 Å². The Labute approximate surface area is 117 Å². The van der Waals surface area contributed by atoms with Crippen molar-refractivity contribution in [3.63, 3.8) is 0 Å². The fourth-order valence-electron chi connectivity index (χ4n) is 1.96. The van der Waals surface area contributed by atoms with Gasteiger partial charge in [0.2, 0.25) is 0 Å². The molecule has 0 aliphatic carbocycles. The number of aryl methyl sites for hydroxylation is 1. The molecule has 0 aliphatic rings. The van der Waals surface area contributed by atoms with Crippen LogP contribution < -0.4 is 10.5 Å². The van der Waals surface area contributed by atoms with Crippen LogP contribution in [0.4, 0.5) is 8.78 Å². The molecule has 0 fully saturated rings. The maximum absolute atomic E-state index is 13.5. The third-order valence-corrected chi connectivity index (χ3v) is 3.09. The van der Waals surface area contributed by atoms with Crippen molar-refractivity contribution >= 4 is 0 Å². The summed E-state index contributed by atoms with van der Waals surface area (Å²) in [6.07, 6.45) is 0. The van der Waals surface area contributed by atoms with Gasteiger partial charge in [0.1, 0.15) is 24.0 Å². The van der Waals surface area contributed by atoms with E-state index in [-0.39, 0.29) is 18.2 Å². The Kier molecular flexibility index (Phi) is 4.35. The van der Waals surface area contributed by atoms with E-state index in [0.717, 1.165) is 11.1 Å². The summed E-state index contributed by atoms with van der Waals surface area (Å²) in [5.74, 6) is -0.664. The van der Waals surface area contributed by atoms with Gasteiger partial charge in [0.05, 0.1) is 5.56 Å². The van der Waals surface area contributed by atoms with Crippen LogP contribution in [0.5, 0.6) is 5.75 Å². The molecule has 2 aromatic carbocycles. The van der Waals surface area contributed by atoms with E-state index in [4.69, 9.17) is 10.5 Å². The first-order valence-corrected chi connectivity index (χ1v) is 6.41. The third kappa shape index (κ3) is 3.14. The van der Waals surface area contributed by atoms with Gasteiger partial charge in [-0.25, -0.2) is 8.78 Å². The van der Waals surface area contributed by atoms with Gasteiger partial charge >= 0.3 is 0 Å². The largest absolute Gasteiger partial charge is 0.488 e. The van der Waals surface area contributed by atoms with Crippen LogP contribution in [0.1, 0.15) is 29.7 Å². The number of hydrogen-bond donors (Lipinski definition) is 1. The van der Waals surface area contributed by atoms with Gasteiger partial charge in [-0.15, -0.1) is 0 Å². The average Bonchev–Trinajstić information content (AvgIpc) is 2.37. The number of ether oxygens (including phenoxy) is 1. The lowest BCUT2D eigenvalue weighted by Gasteiger charge is -2.15. The van der Waals surface area contributed by atoms with E-state index in [1.165, 1.54) is 18.2 Å². The number of nitrogens with two attached hydrogens (primary N) is 1. The number of hydrogen-bond acceptors (Lipinski definition) is 2. The first-order valence-electron chi connectivity index (χ1n) is 6.41. The first-order chi connectivity index (χ1) is 9.49. The fourth-order valence-corrected chi connectivity index (χ4v) is 1.96. The molecule has 2 nitrogen and oxygen atoms in total. The number of benzene rings is 2. The molecule has 0 aliphatic heterocycles. The van der Waals surface area contributed by atoms with Crippen LogP contribution >= 0.6 is 0 Å². The first kappa shape index (κ1) is 14.5. The SMILES string of the molecule is Cc1ccc([C@H](C)N)c(OCc2c(F)cccc2F)c1. The van der Waals surface area contributed by atoms with E-state index in [1.54, 1.807) is 0 Å². The highest BCUT2D eigenvalue weighted by atomic mass is 19.1. The monoisotopic (exact) mass is 277 g/mol. The normalized spacial score (nSPS) is 12.2. The van der Waals surface area contributed by atoms with Crippen LogP contribution in [0.2, 0.25) is 0 Å². The maximum Gasteiger partial charge on any atom is 0.132 e. The van der Waals surface area contributed by atoms with Crippen molar-refractivity contribution in [2.45, 2.75) is 26.5 Å². The van der Waals surface area contributed by atoms with Crippen LogP contribution in [-0.4, -0.2) is 0 Å². The van der Waals surface area contributed by atoms with Crippen molar-refractivity contribution in [3.05, 3.63) is 64.7 Å². The van der Waals surface area contributed by atoms with Crippen molar-refractivity contribution in [2.75, 3.05) is 0 Å². The van der Waals surface area contributed by atoms with E-state index in [9.17, 15) is 8.78 Å². The van der Waals surface area contributed by atoms with E-state index >= 15 is 0 Å². The molecule has 4 heteroatoms. The molecule has 2 aromatic rings. The number of rotatable bonds is 4. The number of halogens is 2. The van der Waals surface area contributed by atoms with Gasteiger partial charge in [-0.1, -0.05) is 18.2 Å². The standard InChI is InChI=1S/C16H17F2NO/c1-10-6-7-12(11(2)19)16(8-10)20-9-13-14(17)4-3-5-15(13)18/h3-8,11H,9,19H2,1-2H3/t11-/m0/s1. The Balaban J connectivity index is 2.25. The molecule has 0 radical (unpaired) electrons. The lowest BCUT2D eigenvalue weighted by atomic mass is 10.1. The molecule has 0 amide bonds. The molecule has 2 rings (SSSR count). The van der Waals surface area contributed by atoms with Crippen molar-refractivity contribution in [1.82, 2.24) is 0 Å². The predicted octanol–water partition coefficient (Wildman–Crippen LogP) is 3.87. The highest BCUT2D eigenvalue weighted by Gasteiger charge is 2.12. The Hall–Kier alpha value is -1.94. The van der Waals surface area contributed by atoms with Gasteiger partial charge < -0.3 is 10.5 Å². The maximum atomic E-state index is 13.5. The zero-order valence-corrected chi connectivity index (χ0v) is 11.5. The Morgan fingerprint density at radius 3 is 2.40 bits per heavy atom. The second-order valence-electron chi connectivity index (χ2n) is 4.82. The van der Waals surface area contributed by atoms with Crippen molar-refractivity contribution < 1.29 is 13.5 Å². The van der Waals surface area contributed by atoms with Crippen LogP contribution in [0, 0.1) is 18.6 Å². The molecule has 0 saturated heterocycles. The predicted molar refractivity (Wildman–Crippen MR) is 74.5 cm³/mol. The highest BCUT2D eigenvalue weighted by Crippen LogP contribution is 2.26. The molecule has 0 unspecified atom stereocenters. The highest BCUT2D eigenvalue weighted by molar-refractivity contribution is 5.39. The molecule has 0 heterocycles. The van der Waals surface area contributed by atoms with Gasteiger partial charge in [-0.2, -0.15) is 0 Å². The third-order valence-electron chi connectivity index (χ3n) is 3.09. The average molecular weight is 277 g/mol.